The first-order chi connectivity index (χ1) is 9.65. The van der Waals surface area contributed by atoms with Crippen molar-refractivity contribution < 1.29 is 4.79 Å². The van der Waals surface area contributed by atoms with Gasteiger partial charge in [-0.1, -0.05) is 6.42 Å². The maximum Gasteiger partial charge on any atom is 0.234 e. The Kier molecular flexibility index (Phi) is 4.32. The fourth-order valence-corrected chi connectivity index (χ4v) is 4.76. The van der Waals surface area contributed by atoms with Crippen LogP contribution >= 0.6 is 0 Å². The van der Waals surface area contributed by atoms with Crippen LogP contribution < -0.4 is 11.1 Å². The van der Waals surface area contributed by atoms with E-state index < -0.39 is 0 Å². The van der Waals surface area contributed by atoms with Gasteiger partial charge in [-0.25, -0.2) is 0 Å². The molecule has 0 radical (unpaired) electrons. The van der Waals surface area contributed by atoms with Crippen molar-refractivity contribution in [3.8, 4) is 0 Å². The van der Waals surface area contributed by atoms with Crippen LogP contribution in [-0.4, -0.2) is 43.0 Å². The fourth-order valence-electron chi connectivity index (χ4n) is 4.76. The Balaban J connectivity index is 1.42. The number of nitrogens with two attached hydrogens (primary N) is 1. The molecule has 0 spiro atoms. The van der Waals surface area contributed by atoms with E-state index in [1.807, 2.05) is 0 Å². The molecule has 0 aromatic rings. The van der Waals surface area contributed by atoms with Gasteiger partial charge in [0.25, 0.3) is 0 Å². The van der Waals surface area contributed by atoms with E-state index in [2.05, 4.69) is 17.1 Å². The molecule has 5 unspecified atom stereocenters. The summed E-state index contributed by atoms with van der Waals surface area (Å²) in [6, 6.07) is 0.353. The first-order valence-corrected chi connectivity index (χ1v) is 8.37. The molecule has 2 bridgehead atoms. The first kappa shape index (κ1) is 14.3. The smallest absolute Gasteiger partial charge is 0.234 e. The van der Waals surface area contributed by atoms with Crippen LogP contribution in [0.25, 0.3) is 0 Å². The Morgan fingerprint density at radius 1 is 1.35 bits per heavy atom. The van der Waals surface area contributed by atoms with Crippen molar-refractivity contribution in [1.82, 2.24) is 10.2 Å². The topological polar surface area (TPSA) is 58.4 Å². The number of carbonyl (C=O) groups excluding carboxylic acids is 1. The van der Waals surface area contributed by atoms with Gasteiger partial charge in [-0.2, -0.15) is 0 Å². The summed E-state index contributed by atoms with van der Waals surface area (Å²) in [5, 5.41) is 3.25. The third kappa shape index (κ3) is 3.01. The fraction of sp³-hybridized carbons (Fsp3) is 0.938. The van der Waals surface area contributed by atoms with Gasteiger partial charge in [0.1, 0.15) is 0 Å². The molecule has 3 fully saturated rings. The van der Waals surface area contributed by atoms with Crippen LogP contribution in [0.4, 0.5) is 0 Å². The van der Waals surface area contributed by atoms with Crippen LogP contribution in [0, 0.1) is 23.7 Å². The van der Waals surface area contributed by atoms with Crippen molar-refractivity contribution >= 4 is 5.91 Å². The average Bonchev–Trinajstić information content (AvgIpc) is 3.13. The minimum atomic E-state index is 0.206. The number of fused-ring (bicyclic) bond motifs is 2. The van der Waals surface area contributed by atoms with Crippen LogP contribution in [0.2, 0.25) is 0 Å². The lowest BCUT2D eigenvalue weighted by Crippen LogP contribution is -2.44. The molecular weight excluding hydrogens is 250 g/mol. The Morgan fingerprint density at radius 2 is 2.20 bits per heavy atom. The number of hydrogen-bond acceptors (Lipinski definition) is 3. The predicted molar refractivity (Wildman–Crippen MR) is 80.1 cm³/mol. The van der Waals surface area contributed by atoms with E-state index in [4.69, 9.17) is 5.73 Å². The van der Waals surface area contributed by atoms with Gasteiger partial charge >= 0.3 is 0 Å². The van der Waals surface area contributed by atoms with E-state index in [0.29, 0.717) is 18.5 Å². The quantitative estimate of drug-likeness (QED) is 0.795. The zero-order valence-corrected chi connectivity index (χ0v) is 12.7. The monoisotopic (exact) mass is 279 g/mol. The van der Waals surface area contributed by atoms with Gasteiger partial charge in [-0.3, -0.25) is 9.69 Å². The van der Waals surface area contributed by atoms with Gasteiger partial charge in [0.05, 0.1) is 6.54 Å². The van der Waals surface area contributed by atoms with Crippen LogP contribution in [0.3, 0.4) is 0 Å². The minimum Gasteiger partial charge on any atom is -0.352 e. The number of rotatable bonds is 5. The SMILES string of the molecule is CC(NC(=O)CN1CCC(CN)C1)C1CC2CCC1C2. The Hall–Kier alpha value is -0.610. The maximum absolute atomic E-state index is 12.2. The van der Waals surface area contributed by atoms with Crippen molar-refractivity contribution in [2.75, 3.05) is 26.2 Å². The highest BCUT2D eigenvalue weighted by Crippen LogP contribution is 2.49. The van der Waals surface area contributed by atoms with Crippen molar-refractivity contribution in [3.63, 3.8) is 0 Å². The van der Waals surface area contributed by atoms with Gasteiger partial charge in [0, 0.05) is 12.6 Å². The summed E-state index contributed by atoms with van der Waals surface area (Å²) in [6.07, 6.45) is 6.71. The van der Waals surface area contributed by atoms with Crippen LogP contribution in [0.1, 0.15) is 39.0 Å². The van der Waals surface area contributed by atoms with E-state index in [-0.39, 0.29) is 5.91 Å². The Morgan fingerprint density at radius 3 is 2.80 bits per heavy atom. The highest BCUT2D eigenvalue weighted by atomic mass is 16.2. The normalized spacial score (nSPS) is 38.3. The summed E-state index contributed by atoms with van der Waals surface area (Å²) in [5.74, 6) is 3.36. The summed E-state index contributed by atoms with van der Waals surface area (Å²) >= 11 is 0. The number of likely N-dealkylation sites (tertiary alicyclic amines) is 1. The van der Waals surface area contributed by atoms with Crippen LogP contribution in [0.5, 0.6) is 0 Å². The largest absolute Gasteiger partial charge is 0.352 e. The van der Waals surface area contributed by atoms with Gasteiger partial charge in [0.15, 0.2) is 0 Å². The molecular formula is C16H29N3O. The second-order valence-corrected chi connectivity index (χ2v) is 7.32. The molecule has 3 N–H and O–H groups in total. The number of hydrogen-bond donors (Lipinski definition) is 2. The number of carbonyl (C=O) groups is 1. The molecule has 3 aliphatic rings. The molecule has 5 atom stereocenters. The van der Waals surface area contributed by atoms with Gasteiger partial charge < -0.3 is 11.1 Å². The van der Waals surface area contributed by atoms with Gasteiger partial charge in [-0.05, 0) is 69.4 Å². The summed E-state index contributed by atoms with van der Waals surface area (Å²) < 4.78 is 0. The number of amides is 1. The molecule has 2 aliphatic carbocycles. The molecule has 1 aliphatic heterocycles. The zero-order valence-electron chi connectivity index (χ0n) is 12.7. The molecule has 20 heavy (non-hydrogen) atoms. The van der Waals surface area contributed by atoms with Crippen molar-refractivity contribution in [1.29, 1.82) is 0 Å². The van der Waals surface area contributed by atoms with Crippen molar-refractivity contribution in [2.45, 2.75) is 45.1 Å². The second kappa shape index (κ2) is 6.02. The van der Waals surface area contributed by atoms with Crippen LogP contribution in [-0.2, 0) is 4.79 Å². The molecule has 1 heterocycles. The molecule has 1 amide bonds. The number of nitrogens with one attached hydrogen (secondary N) is 1. The lowest BCUT2D eigenvalue weighted by molar-refractivity contribution is -0.123. The zero-order chi connectivity index (χ0) is 14.1. The van der Waals surface area contributed by atoms with Gasteiger partial charge in [-0.15, -0.1) is 0 Å². The molecule has 4 heteroatoms. The summed E-state index contributed by atoms with van der Waals surface area (Å²) in [5.41, 5.74) is 5.70. The highest BCUT2D eigenvalue weighted by Gasteiger charge is 2.42. The number of nitrogens with zero attached hydrogens (tertiary/aromatic N) is 1. The molecule has 2 saturated carbocycles. The minimum absolute atomic E-state index is 0.206. The third-order valence-electron chi connectivity index (χ3n) is 5.89. The lowest BCUT2D eigenvalue weighted by atomic mass is 9.84. The van der Waals surface area contributed by atoms with Crippen LogP contribution in [0.15, 0.2) is 0 Å². The molecule has 0 aromatic heterocycles. The van der Waals surface area contributed by atoms with E-state index in [1.54, 1.807) is 0 Å². The van der Waals surface area contributed by atoms with E-state index in [9.17, 15) is 4.79 Å². The Bertz CT molecular complexity index is 360. The molecule has 0 aromatic carbocycles. The summed E-state index contributed by atoms with van der Waals surface area (Å²) in [4.78, 5) is 14.4. The molecule has 1 saturated heterocycles. The van der Waals surface area contributed by atoms with E-state index in [1.165, 1.54) is 25.7 Å². The molecule has 114 valence electrons. The maximum atomic E-state index is 12.2. The first-order valence-electron chi connectivity index (χ1n) is 8.37. The highest BCUT2D eigenvalue weighted by molar-refractivity contribution is 5.78. The van der Waals surface area contributed by atoms with Crippen molar-refractivity contribution in [2.24, 2.45) is 29.4 Å². The molecule has 3 rings (SSSR count). The molecule has 4 nitrogen and oxygen atoms in total. The lowest BCUT2D eigenvalue weighted by Gasteiger charge is -2.29. The Labute approximate surface area is 122 Å². The van der Waals surface area contributed by atoms with E-state index in [0.717, 1.165) is 43.8 Å². The van der Waals surface area contributed by atoms with Crippen molar-refractivity contribution in [3.05, 3.63) is 0 Å². The standard InChI is InChI=1S/C16H29N3O/c1-11(15-7-12-2-3-14(15)6-12)18-16(20)10-19-5-4-13(8-17)9-19/h11-15H,2-10,17H2,1H3,(H,18,20). The van der Waals surface area contributed by atoms with Gasteiger partial charge in [0.2, 0.25) is 5.91 Å². The summed E-state index contributed by atoms with van der Waals surface area (Å²) in [6.45, 7) is 5.53. The second-order valence-electron chi connectivity index (χ2n) is 7.32. The average molecular weight is 279 g/mol. The summed E-state index contributed by atoms with van der Waals surface area (Å²) in [7, 11) is 0. The predicted octanol–water partition coefficient (Wildman–Crippen LogP) is 1.21. The third-order valence-corrected chi connectivity index (χ3v) is 5.89. The van der Waals surface area contributed by atoms with E-state index >= 15 is 0 Å².